The van der Waals surface area contributed by atoms with Gasteiger partial charge in [-0.25, -0.2) is 4.98 Å². The summed E-state index contributed by atoms with van der Waals surface area (Å²) in [6.07, 6.45) is 5.29. The zero-order valence-corrected chi connectivity index (χ0v) is 15.2. The Hall–Kier alpha value is -2.21. The maximum atomic E-state index is 6.26. The third-order valence-electron chi connectivity index (χ3n) is 4.12. The Labute approximate surface area is 153 Å². The number of hydrogen-bond acceptors (Lipinski definition) is 4. The van der Waals surface area contributed by atoms with Gasteiger partial charge in [0.05, 0.1) is 11.3 Å². The molecule has 0 spiro atoms. The summed E-state index contributed by atoms with van der Waals surface area (Å²) in [7, 11) is 0. The number of anilines is 1. The normalized spacial score (nSPS) is 17.8. The monoisotopic (exact) mass is 361 g/mol. The van der Waals surface area contributed by atoms with Crippen LogP contribution in [-0.2, 0) is 6.42 Å². The molecule has 1 saturated heterocycles. The molecule has 2 N–H and O–H groups in total. The third kappa shape index (κ3) is 4.89. The molecule has 3 heterocycles. The molecule has 2 aromatic rings. The lowest BCUT2D eigenvalue weighted by molar-refractivity contribution is 0.510. The van der Waals surface area contributed by atoms with Crippen LogP contribution in [0.1, 0.15) is 19.1 Å². The quantitative estimate of drug-likeness (QED) is 0.611. The van der Waals surface area contributed by atoms with E-state index in [4.69, 9.17) is 16.0 Å². The largest absolute Gasteiger partial charge is 0.469 e. The van der Waals surface area contributed by atoms with Crippen molar-refractivity contribution in [3.05, 3.63) is 47.5 Å². The Morgan fingerprint density at radius 3 is 3.12 bits per heavy atom. The molecule has 1 unspecified atom stereocenters. The van der Waals surface area contributed by atoms with Crippen LogP contribution in [0.4, 0.5) is 5.82 Å². The first-order chi connectivity index (χ1) is 12.3. The van der Waals surface area contributed by atoms with E-state index in [2.05, 4.69) is 32.4 Å². The lowest BCUT2D eigenvalue weighted by Crippen LogP contribution is -2.44. The Kier molecular flexibility index (Phi) is 6.17. The van der Waals surface area contributed by atoms with E-state index in [1.54, 1.807) is 12.5 Å². The van der Waals surface area contributed by atoms with E-state index in [1.807, 2.05) is 24.3 Å². The molecule has 2 aromatic heterocycles. The van der Waals surface area contributed by atoms with Gasteiger partial charge in [-0.15, -0.1) is 0 Å². The van der Waals surface area contributed by atoms with Gasteiger partial charge in [-0.1, -0.05) is 11.6 Å². The fourth-order valence-corrected chi connectivity index (χ4v) is 3.17. The van der Waals surface area contributed by atoms with Crippen LogP contribution in [0, 0.1) is 0 Å². The van der Waals surface area contributed by atoms with Gasteiger partial charge in [-0.2, -0.15) is 0 Å². The average molecular weight is 362 g/mol. The minimum Gasteiger partial charge on any atom is -0.469 e. The second kappa shape index (κ2) is 8.76. The highest BCUT2D eigenvalue weighted by atomic mass is 35.5. The number of aliphatic imine (C=N–C) groups is 1. The van der Waals surface area contributed by atoms with E-state index >= 15 is 0 Å². The predicted octanol–water partition coefficient (Wildman–Crippen LogP) is 2.70. The zero-order valence-electron chi connectivity index (χ0n) is 14.4. The predicted molar refractivity (Wildman–Crippen MR) is 101 cm³/mol. The van der Waals surface area contributed by atoms with Crippen molar-refractivity contribution in [2.75, 3.05) is 31.1 Å². The third-order valence-corrected chi connectivity index (χ3v) is 4.42. The molecular formula is C18H24ClN5O. The second-order valence-electron chi connectivity index (χ2n) is 5.97. The van der Waals surface area contributed by atoms with Crippen molar-refractivity contribution in [3.63, 3.8) is 0 Å². The van der Waals surface area contributed by atoms with Gasteiger partial charge in [0.1, 0.15) is 11.6 Å². The van der Waals surface area contributed by atoms with Gasteiger partial charge in [0.2, 0.25) is 0 Å². The van der Waals surface area contributed by atoms with E-state index in [9.17, 15) is 0 Å². The van der Waals surface area contributed by atoms with E-state index in [0.29, 0.717) is 17.6 Å². The molecule has 6 nitrogen and oxygen atoms in total. The van der Waals surface area contributed by atoms with Crippen LogP contribution in [-0.4, -0.2) is 43.2 Å². The van der Waals surface area contributed by atoms with Gasteiger partial charge in [-0.3, -0.25) is 4.99 Å². The molecule has 0 aromatic carbocycles. The number of pyridine rings is 1. The second-order valence-corrected chi connectivity index (χ2v) is 6.38. The highest BCUT2D eigenvalue weighted by Crippen LogP contribution is 2.25. The van der Waals surface area contributed by atoms with Gasteiger partial charge in [-0.05, 0) is 37.6 Å². The average Bonchev–Trinajstić information content (AvgIpc) is 3.27. The molecule has 1 aliphatic heterocycles. The number of rotatable bonds is 6. The Bertz CT molecular complexity index is 689. The molecular weight excluding hydrogens is 338 g/mol. The summed E-state index contributed by atoms with van der Waals surface area (Å²) in [5, 5.41) is 7.51. The van der Waals surface area contributed by atoms with Crippen molar-refractivity contribution in [1.82, 2.24) is 15.6 Å². The van der Waals surface area contributed by atoms with Gasteiger partial charge in [0.25, 0.3) is 0 Å². The van der Waals surface area contributed by atoms with Gasteiger partial charge < -0.3 is 20.0 Å². The first kappa shape index (κ1) is 17.6. The molecule has 134 valence electrons. The summed E-state index contributed by atoms with van der Waals surface area (Å²) in [5.41, 5.74) is 0. The van der Waals surface area contributed by atoms with Gasteiger partial charge in [0.15, 0.2) is 5.96 Å². The Morgan fingerprint density at radius 2 is 2.36 bits per heavy atom. The van der Waals surface area contributed by atoms with Crippen molar-refractivity contribution in [2.45, 2.75) is 25.8 Å². The molecule has 0 bridgehead atoms. The molecule has 1 atom stereocenters. The number of furan rings is 1. The van der Waals surface area contributed by atoms with Crippen LogP contribution in [0.5, 0.6) is 0 Å². The van der Waals surface area contributed by atoms with E-state index in [1.165, 1.54) is 0 Å². The highest BCUT2D eigenvalue weighted by Gasteiger charge is 2.25. The summed E-state index contributed by atoms with van der Waals surface area (Å²) in [6.45, 7) is 5.37. The van der Waals surface area contributed by atoms with Crippen molar-refractivity contribution in [2.24, 2.45) is 4.99 Å². The van der Waals surface area contributed by atoms with Crippen molar-refractivity contribution in [1.29, 1.82) is 0 Å². The van der Waals surface area contributed by atoms with Gasteiger partial charge in [0, 0.05) is 44.8 Å². The van der Waals surface area contributed by atoms with Crippen molar-refractivity contribution >= 4 is 23.4 Å². The smallest absolute Gasteiger partial charge is 0.191 e. The zero-order chi connectivity index (χ0) is 17.5. The fourth-order valence-electron chi connectivity index (χ4n) is 2.93. The van der Waals surface area contributed by atoms with Gasteiger partial charge >= 0.3 is 0 Å². The Balaban J connectivity index is 1.54. The van der Waals surface area contributed by atoms with Crippen LogP contribution >= 0.6 is 11.6 Å². The lowest BCUT2D eigenvalue weighted by atomic mass is 10.3. The fraction of sp³-hybridized carbons (Fsp3) is 0.444. The molecule has 25 heavy (non-hydrogen) atoms. The van der Waals surface area contributed by atoms with E-state index in [0.717, 1.165) is 50.0 Å². The molecule has 0 saturated carbocycles. The van der Waals surface area contributed by atoms with Crippen molar-refractivity contribution in [3.8, 4) is 0 Å². The van der Waals surface area contributed by atoms with E-state index < -0.39 is 0 Å². The summed E-state index contributed by atoms with van der Waals surface area (Å²) >= 11 is 6.26. The molecule has 0 amide bonds. The standard InChI is InChI=1S/C18H24ClN5O/c1-2-20-18(22-10-7-15-5-4-12-25-15)23-14-8-11-24(13-14)17-16(19)6-3-9-21-17/h3-6,9,12,14H,2,7-8,10-11,13H2,1H3,(H2,20,22,23). The molecule has 7 heteroatoms. The first-order valence-corrected chi connectivity index (χ1v) is 9.06. The van der Waals surface area contributed by atoms with E-state index in [-0.39, 0.29) is 0 Å². The summed E-state index contributed by atoms with van der Waals surface area (Å²) < 4.78 is 5.35. The molecule has 3 rings (SSSR count). The number of nitrogens with one attached hydrogen (secondary N) is 2. The van der Waals surface area contributed by atoms with Crippen LogP contribution < -0.4 is 15.5 Å². The molecule has 0 radical (unpaired) electrons. The van der Waals surface area contributed by atoms with Crippen LogP contribution in [0.15, 0.2) is 46.1 Å². The maximum Gasteiger partial charge on any atom is 0.191 e. The van der Waals surface area contributed by atoms with Crippen LogP contribution in [0.3, 0.4) is 0 Å². The van der Waals surface area contributed by atoms with Crippen LogP contribution in [0.25, 0.3) is 0 Å². The molecule has 0 aliphatic carbocycles. The molecule has 1 fully saturated rings. The number of nitrogens with zero attached hydrogens (tertiary/aromatic N) is 3. The lowest BCUT2D eigenvalue weighted by Gasteiger charge is -2.20. The highest BCUT2D eigenvalue weighted by molar-refractivity contribution is 6.32. The first-order valence-electron chi connectivity index (χ1n) is 8.69. The number of hydrogen-bond donors (Lipinski definition) is 2. The number of halogens is 1. The SMILES string of the molecule is CCNC(=NCCc1ccco1)NC1CCN(c2ncccc2Cl)C1. The number of aromatic nitrogens is 1. The number of guanidine groups is 1. The van der Waals surface area contributed by atoms with Crippen molar-refractivity contribution < 1.29 is 4.42 Å². The minimum absolute atomic E-state index is 0.319. The topological polar surface area (TPSA) is 65.7 Å². The maximum absolute atomic E-state index is 6.26. The summed E-state index contributed by atoms with van der Waals surface area (Å²) in [4.78, 5) is 11.3. The summed E-state index contributed by atoms with van der Waals surface area (Å²) in [6, 6.07) is 7.93. The summed E-state index contributed by atoms with van der Waals surface area (Å²) in [5.74, 6) is 2.65. The molecule has 1 aliphatic rings. The Morgan fingerprint density at radius 1 is 1.44 bits per heavy atom. The minimum atomic E-state index is 0.319. The van der Waals surface area contributed by atoms with Crippen LogP contribution in [0.2, 0.25) is 5.02 Å².